The fourth-order valence-electron chi connectivity index (χ4n) is 1.81. The van der Waals surface area contributed by atoms with Crippen molar-refractivity contribution >= 4 is 17.7 Å². The van der Waals surface area contributed by atoms with E-state index in [1.54, 1.807) is 49.9 Å². The summed E-state index contributed by atoms with van der Waals surface area (Å²) in [5.74, 6) is -0.0104. The Morgan fingerprint density at radius 2 is 1.62 bits per heavy atom. The van der Waals surface area contributed by atoms with Crippen molar-refractivity contribution in [1.82, 2.24) is 4.90 Å². The maximum Gasteiger partial charge on any atom is 0.412 e. The van der Waals surface area contributed by atoms with Crippen molar-refractivity contribution in [2.24, 2.45) is 0 Å². The van der Waals surface area contributed by atoms with Gasteiger partial charge < -0.3 is 9.64 Å². The molecule has 116 valence electrons. The van der Waals surface area contributed by atoms with E-state index in [1.165, 1.54) is 0 Å². The van der Waals surface area contributed by atoms with Crippen LogP contribution in [0.15, 0.2) is 24.3 Å². The van der Waals surface area contributed by atoms with Crippen LogP contribution in [-0.4, -0.2) is 35.6 Å². The molecule has 1 N–H and O–H groups in total. The number of anilines is 1. The Kier molecular flexibility index (Phi) is 5.76. The van der Waals surface area contributed by atoms with Crippen LogP contribution in [0, 0.1) is 0 Å². The molecule has 0 saturated carbocycles. The fraction of sp³-hybridized carbons (Fsp3) is 0.500. The zero-order chi connectivity index (χ0) is 16.0. The van der Waals surface area contributed by atoms with E-state index in [-0.39, 0.29) is 5.91 Å². The Balaban J connectivity index is 2.70. The average molecular weight is 292 g/mol. The normalized spacial score (nSPS) is 10.9. The number of carbonyl (C=O) groups is 2. The molecule has 0 unspecified atom stereocenters. The molecule has 2 amide bonds. The van der Waals surface area contributed by atoms with E-state index in [4.69, 9.17) is 4.74 Å². The zero-order valence-corrected chi connectivity index (χ0v) is 13.4. The summed E-state index contributed by atoms with van der Waals surface area (Å²) >= 11 is 0. The molecular weight excluding hydrogens is 268 g/mol. The van der Waals surface area contributed by atoms with E-state index in [2.05, 4.69) is 5.32 Å². The average Bonchev–Trinajstić information content (AvgIpc) is 2.38. The van der Waals surface area contributed by atoms with Gasteiger partial charge >= 0.3 is 6.09 Å². The lowest BCUT2D eigenvalue weighted by Crippen LogP contribution is -2.30. The molecule has 21 heavy (non-hydrogen) atoms. The van der Waals surface area contributed by atoms with Gasteiger partial charge in [0, 0.05) is 24.3 Å². The molecule has 0 radical (unpaired) electrons. The van der Waals surface area contributed by atoms with Crippen molar-refractivity contribution in [3.63, 3.8) is 0 Å². The molecule has 0 heterocycles. The molecule has 0 aliphatic heterocycles. The van der Waals surface area contributed by atoms with Crippen LogP contribution in [0.5, 0.6) is 0 Å². The number of rotatable bonds is 4. The molecule has 1 aromatic carbocycles. The molecular formula is C16H24N2O3. The Bertz CT molecular complexity index is 485. The molecule has 0 aliphatic rings. The Morgan fingerprint density at radius 1 is 1.10 bits per heavy atom. The van der Waals surface area contributed by atoms with Gasteiger partial charge in [0.05, 0.1) is 0 Å². The van der Waals surface area contributed by atoms with Crippen LogP contribution in [0.2, 0.25) is 0 Å². The minimum atomic E-state index is -0.539. The van der Waals surface area contributed by atoms with E-state index >= 15 is 0 Å². The van der Waals surface area contributed by atoms with Crippen molar-refractivity contribution in [1.29, 1.82) is 0 Å². The van der Waals surface area contributed by atoms with E-state index in [0.29, 0.717) is 24.3 Å². The van der Waals surface area contributed by atoms with Crippen molar-refractivity contribution in [3.8, 4) is 0 Å². The van der Waals surface area contributed by atoms with Gasteiger partial charge in [-0.1, -0.05) is 0 Å². The standard InChI is InChI=1S/C16H24N2O3/c1-6-18(7-2)14(19)12-8-10-13(11-9-12)17-15(20)21-16(3,4)5/h8-11H,6-7H2,1-5H3,(H,17,20). The quantitative estimate of drug-likeness (QED) is 0.923. The largest absolute Gasteiger partial charge is 0.444 e. The molecule has 0 aromatic heterocycles. The van der Waals surface area contributed by atoms with Gasteiger partial charge in [-0.3, -0.25) is 10.1 Å². The second kappa shape index (κ2) is 7.11. The maximum atomic E-state index is 12.1. The van der Waals surface area contributed by atoms with E-state index < -0.39 is 11.7 Å². The molecule has 1 rings (SSSR count). The number of ether oxygens (including phenoxy) is 1. The lowest BCUT2D eigenvalue weighted by atomic mass is 10.2. The topological polar surface area (TPSA) is 58.6 Å². The number of nitrogens with one attached hydrogen (secondary N) is 1. The van der Waals surface area contributed by atoms with Crippen molar-refractivity contribution in [2.45, 2.75) is 40.2 Å². The van der Waals surface area contributed by atoms with E-state index in [1.807, 2.05) is 13.8 Å². The highest BCUT2D eigenvalue weighted by molar-refractivity contribution is 5.95. The summed E-state index contributed by atoms with van der Waals surface area (Å²) in [5.41, 5.74) is 0.664. The third-order valence-electron chi connectivity index (χ3n) is 2.83. The van der Waals surface area contributed by atoms with Gasteiger partial charge in [0.25, 0.3) is 5.91 Å². The van der Waals surface area contributed by atoms with Crippen molar-refractivity contribution < 1.29 is 14.3 Å². The van der Waals surface area contributed by atoms with E-state index in [0.717, 1.165) is 0 Å². The fourth-order valence-corrected chi connectivity index (χ4v) is 1.81. The summed E-state index contributed by atoms with van der Waals surface area (Å²) in [5, 5.41) is 2.64. The molecule has 0 bridgehead atoms. The summed E-state index contributed by atoms with van der Waals surface area (Å²) in [6.45, 7) is 10.6. The summed E-state index contributed by atoms with van der Waals surface area (Å²) < 4.78 is 5.17. The molecule has 0 fully saturated rings. The van der Waals surface area contributed by atoms with Gasteiger partial charge in [-0.25, -0.2) is 4.79 Å². The van der Waals surface area contributed by atoms with Crippen LogP contribution < -0.4 is 5.32 Å². The first-order valence-corrected chi connectivity index (χ1v) is 7.16. The minimum absolute atomic E-state index is 0.0104. The SMILES string of the molecule is CCN(CC)C(=O)c1ccc(NC(=O)OC(C)(C)C)cc1. The molecule has 0 saturated heterocycles. The summed E-state index contributed by atoms with van der Waals surface area (Å²) in [4.78, 5) is 25.5. The highest BCUT2D eigenvalue weighted by atomic mass is 16.6. The highest BCUT2D eigenvalue weighted by Crippen LogP contribution is 2.14. The summed E-state index contributed by atoms with van der Waals surface area (Å²) in [6, 6.07) is 6.79. The second-order valence-corrected chi connectivity index (χ2v) is 5.68. The third kappa shape index (κ3) is 5.45. The number of benzene rings is 1. The van der Waals surface area contributed by atoms with Gasteiger partial charge in [0.15, 0.2) is 0 Å². The van der Waals surface area contributed by atoms with Gasteiger partial charge in [0.2, 0.25) is 0 Å². The van der Waals surface area contributed by atoms with Crippen LogP contribution in [0.25, 0.3) is 0 Å². The molecule has 5 heteroatoms. The predicted octanol–water partition coefficient (Wildman–Crippen LogP) is 3.52. The summed E-state index contributed by atoms with van der Waals surface area (Å²) in [6.07, 6.45) is -0.509. The molecule has 0 spiro atoms. The number of hydrogen-bond acceptors (Lipinski definition) is 3. The first-order chi connectivity index (χ1) is 9.76. The molecule has 0 atom stereocenters. The van der Waals surface area contributed by atoms with Crippen LogP contribution in [0.1, 0.15) is 45.0 Å². The molecule has 1 aromatic rings. The minimum Gasteiger partial charge on any atom is -0.444 e. The third-order valence-corrected chi connectivity index (χ3v) is 2.83. The number of nitrogens with zero attached hydrogens (tertiary/aromatic N) is 1. The number of amides is 2. The summed E-state index contributed by atoms with van der Waals surface area (Å²) in [7, 11) is 0. The Labute approximate surface area is 126 Å². The van der Waals surface area contributed by atoms with Gasteiger partial charge in [-0.2, -0.15) is 0 Å². The highest BCUT2D eigenvalue weighted by Gasteiger charge is 2.16. The van der Waals surface area contributed by atoms with Crippen molar-refractivity contribution in [2.75, 3.05) is 18.4 Å². The van der Waals surface area contributed by atoms with Gasteiger partial charge in [-0.05, 0) is 58.9 Å². The maximum absolute atomic E-state index is 12.1. The number of hydrogen-bond donors (Lipinski definition) is 1. The molecule has 0 aliphatic carbocycles. The monoisotopic (exact) mass is 292 g/mol. The lowest BCUT2D eigenvalue weighted by Gasteiger charge is -2.20. The van der Waals surface area contributed by atoms with Crippen molar-refractivity contribution in [3.05, 3.63) is 29.8 Å². The van der Waals surface area contributed by atoms with Crippen LogP contribution >= 0.6 is 0 Å². The first kappa shape index (κ1) is 17.0. The predicted molar refractivity (Wildman–Crippen MR) is 83.6 cm³/mol. The first-order valence-electron chi connectivity index (χ1n) is 7.16. The zero-order valence-electron chi connectivity index (χ0n) is 13.4. The second-order valence-electron chi connectivity index (χ2n) is 5.68. The van der Waals surface area contributed by atoms with E-state index in [9.17, 15) is 9.59 Å². The van der Waals surface area contributed by atoms with Gasteiger partial charge in [0.1, 0.15) is 5.60 Å². The molecule has 5 nitrogen and oxygen atoms in total. The van der Waals surface area contributed by atoms with Crippen LogP contribution in [0.4, 0.5) is 10.5 Å². The van der Waals surface area contributed by atoms with Crippen LogP contribution in [0.3, 0.4) is 0 Å². The lowest BCUT2D eigenvalue weighted by molar-refractivity contribution is 0.0635. The number of carbonyl (C=O) groups excluding carboxylic acids is 2. The van der Waals surface area contributed by atoms with Crippen LogP contribution in [-0.2, 0) is 4.74 Å². The smallest absolute Gasteiger partial charge is 0.412 e. The van der Waals surface area contributed by atoms with Gasteiger partial charge in [-0.15, -0.1) is 0 Å². The Morgan fingerprint density at radius 3 is 2.05 bits per heavy atom. The Hall–Kier alpha value is -2.04.